The van der Waals surface area contributed by atoms with E-state index in [2.05, 4.69) is 10.0 Å². The molecule has 0 aliphatic heterocycles. The van der Waals surface area contributed by atoms with E-state index in [1.807, 2.05) is 0 Å². The summed E-state index contributed by atoms with van der Waals surface area (Å²) >= 11 is 0. The normalized spacial score (nSPS) is 40.8. The molecule has 2 N–H and O–H groups in total. The van der Waals surface area contributed by atoms with Crippen LogP contribution in [-0.2, 0) is 10.0 Å². The van der Waals surface area contributed by atoms with Crippen molar-refractivity contribution in [1.29, 1.82) is 0 Å². The minimum atomic E-state index is -3.03. The van der Waals surface area contributed by atoms with Gasteiger partial charge in [-0.25, -0.2) is 13.1 Å². The van der Waals surface area contributed by atoms with Crippen LogP contribution < -0.4 is 10.0 Å². The maximum Gasteiger partial charge on any atom is 0.211 e. The van der Waals surface area contributed by atoms with E-state index in [4.69, 9.17) is 0 Å². The number of hydrogen-bond acceptors (Lipinski definition) is 3. The van der Waals surface area contributed by atoms with E-state index >= 15 is 0 Å². The van der Waals surface area contributed by atoms with Gasteiger partial charge in [-0.3, -0.25) is 0 Å². The summed E-state index contributed by atoms with van der Waals surface area (Å²) in [6.45, 7) is 2.97. The zero-order chi connectivity index (χ0) is 13.5. The van der Waals surface area contributed by atoms with Crippen molar-refractivity contribution in [2.75, 3.05) is 18.8 Å². The second-order valence-electron chi connectivity index (χ2n) is 6.51. The SMILES string of the molecule is CCS(=O)(=O)NCCNC1CC2CC1C1CCCC21. The topological polar surface area (TPSA) is 58.2 Å². The molecule has 4 nitrogen and oxygen atoms in total. The van der Waals surface area contributed by atoms with Crippen LogP contribution >= 0.6 is 0 Å². The van der Waals surface area contributed by atoms with Crippen molar-refractivity contribution in [3.05, 3.63) is 0 Å². The summed E-state index contributed by atoms with van der Waals surface area (Å²) in [6, 6.07) is 0.649. The molecule has 0 aromatic heterocycles. The summed E-state index contributed by atoms with van der Waals surface area (Å²) in [5.41, 5.74) is 0. The van der Waals surface area contributed by atoms with Crippen molar-refractivity contribution in [1.82, 2.24) is 10.0 Å². The molecule has 5 heteroatoms. The molecule has 3 aliphatic rings. The van der Waals surface area contributed by atoms with Crippen LogP contribution in [0.2, 0.25) is 0 Å². The second kappa shape index (κ2) is 5.34. The van der Waals surface area contributed by atoms with Crippen molar-refractivity contribution in [2.24, 2.45) is 23.7 Å². The zero-order valence-corrected chi connectivity index (χ0v) is 12.6. The largest absolute Gasteiger partial charge is 0.312 e. The lowest BCUT2D eigenvalue weighted by atomic mass is 9.79. The van der Waals surface area contributed by atoms with Crippen molar-refractivity contribution in [2.45, 2.75) is 45.1 Å². The quantitative estimate of drug-likeness (QED) is 0.725. The van der Waals surface area contributed by atoms with Gasteiger partial charge >= 0.3 is 0 Å². The Balaban J connectivity index is 1.43. The second-order valence-corrected chi connectivity index (χ2v) is 8.61. The summed E-state index contributed by atoms with van der Waals surface area (Å²) in [5.74, 6) is 4.01. The summed E-state index contributed by atoms with van der Waals surface area (Å²) in [7, 11) is -3.03. The van der Waals surface area contributed by atoms with Gasteiger partial charge in [0.2, 0.25) is 10.0 Å². The number of nitrogens with one attached hydrogen (secondary N) is 2. The fourth-order valence-corrected chi connectivity index (χ4v) is 5.49. The summed E-state index contributed by atoms with van der Waals surface area (Å²) < 4.78 is 25.3. The molecule has 0 aromatic rings. The maximum atomic E-state index is 11.3. The Morgan fingerprint density at radius 2 is 1.84 bits per heavy atom. The number of rotatable bonds is 6. The van der Waals surface area contributed by atoms with Crippen molar-refractivity contribution >= 4 is 10.0 Å². The average molecular weight is 286 g/mol. The van der Waals surface area contributed by atoms with E-state index in [1.165, 1.54) is 32.1 Å². The molecule has 0 spiro atoms. The monoisotopic (exact) mass is 286 g/mol. The molecule has 0 radical (unpaired) electrons. The van der Waals surface area contributed by atoms with E-state index in [9.17, 15) is 8.42 Å². The Labute approximate surface area is 116 Å². The molecule has 3 rings (SSSR count). The van der Waals surface area contributed by atoms with Gasteiger partial charge in [0, 0.05) is 19.1 Å². The summed E-state index contributed by atoms with van der Waals surface area (Å²) in [6.07, 6.45) is 7.09. The predicted molar refractivity (Wildman–Crippen MR) is 76.3 cm³/mol. The van der Waals surface area contributed by atoms with Crippen LogP contribution in [0.4, 0.5) is 0 Å². The third kappa shape index (κ3) is 2.69. The Morgan fingerprint density at radius 3 is 2.63 bits per heavy atom. The Morgan fingerprint density at radius 1 is 1.05 bits per heavy atom. The van der Waals surface area contributed by atoms with E-state index < -0.39 is 10.0 Å². The van der Waals surface area contributed by atoms with Gasteiger partial charge in [0.05, 0.1) is 5.75 Å². The molecule has 5 atom stereocenters. The van der Waals surface area contributed by atoms with Crippen LogP contribution in [-0.4, -0.2) is 33.3 Å². The van der Waals surface area contributed by atoms with Crippen LogP contribution in [0.15, 0.2) is 0 Å². The van der Waals surface area contributed by atoms with Crippen molar-refractivity contribution in [3.8, 4) is 0 Å². The predicted octanol–water partition coefficient (Wildman–Crippen LogP) is 1.34. The average Bonchev–Trinajstić information content (AvgIpc) is 3.06. The Hall–Kier alpha value is -0.130. The van der Waals surface area contributed by atoms with E-state index in [0.29, 0.717) is 12.6 Å². The molecule has 19 heavy (non-hydrogen) atoms. The van der Waals surface area contributed by atoms with Crippen LogP contribution in [0.3, 0.4) is 0 Å². The Bertz CT molecular complexity index is 423. The molecule has 110 valence electrons. The highest BCUT2D eigenvalue weighted by atomic mass is 32.2. The molecule has 0 saturated heterocycles. The van der Waals surface area contributed by atoms with Gasteiger partial charge in [0.1, 0.15) is 0 Å². The number of hydrogen-bond donors (Lipinski definition) is 2. The first kappa shape index (κ1) is 13.8. The molecule has 0 heterocycles. The van der Waals surface area contributed by atoms with Crippen LogP contribution in [0.25, 0.3) is 0 Å². The van der Waals surface area contributed by atoms with Gasteiger partial charge < -0.3 is 5.32 Å². The highest BCUT2D eigenvalue weighted by Gasteiger charge is 2.53. The molecule has 3 aliphatic carbocycles. The summed E-state index contributed by atoms with van der Waals surface area (Å²) in [4.78, 5) is 0. The Kier molecular flexibility index (Phi) is 3.89. The fourth-order valence-electron chi connectivity index (χ4n) is 4.87. The first-order valence-electron chi connectivity index (χ1n) is 7.81. The van der Waals surface area contributed by atoms with Crippen molar-refractivity contribution in [3.63, 3.8) is 0 Å². The fraction of sp³-hybridized carbons (Fsp3) is 1.00. The lowest BCUT2D eigenvalue weighted by Crippen LogP contribution is -2.42. The van der Waals surface area contributed by atoms with Gasteiger partial charge in [-0.15, -0.1) is 0 Å². The van der Waals surface area contributed by atoms with Gasteiger partial charge in [-0.1, -0.05) is 6.42 Å². The van der Waals surface area contributed by atoms with E-state index in [-0.39, 0.29) is 5.75 Å². The molecule has 5 unspecified atom stereocenters. The van der Waals surface area contributed by atoms with Gasteiger partial charge in [0.15, 0.2) is 0 Å². The minimum absolute atomic E-state index is 0.172. The molecular weight excluding hydrogens is 260 g/mol. The highest BCUT2D eigenvalue weighted by molar-refractivity contribution is 7.89. The van der Waals surface area contributed by atoms with Gasteiger partial charge in [0.25, 0.3) is 0 Å². The maximum absolute atomic E-state index is 11.3. The van der Waals surface area contributed by atoms with Crippen LogP contribution in [0.5, 0.6) is 0 Å². The molecule has 3 fully saturated rings. The first-order chi connectivity index (χ1) is 9.11. The van der Waals surface area contributed by atoms with Gasteiger partial charge in [-0.2, -0.15) is 0 Å². The standard InChI is InChI=1S/C14H26N2O2S/c1-2-19(17,18)16-7-6-15-14-9-10-8-13(14)12-5-3-4-11(10)12/h10-16H,2-9H2,1H3. The third-order valence-corrected chi connectivity index (χ3v) is 7.07. The van der Waals surface area contributed by atoms with E-state index in [0.717, 1.165) is 30.2 Å². The van der Waals surface area contributed by atoms with Crippen molar-refractivity contribution < 1.29 is 8.42 Å². The smallest absolute Gasteiger partial charge is 0.211 e. The summed E-state index contributed by atoms with van der Waals surface area (Å²) in [5, 5.41) is 3.60. The highest BCUT2D eigenvalue weighted by Crippen LogP contribution is 2.58. The molecule has 2 bridgehead atoms. The first-order valence-corrected chi connectivity index (χ1v) is 9.46. The van der Waals surface area contributed by atoms with E-state index in [1.54, 1.807) is 6.92 Å². The molecule has 3 saturated carbocycles. The number of sulfonamides is 1. The molecule has 0 aromatic carbocycles. The third-order valence-electron chi connectivity index (χ3n) is 5.66. The van der Waals surface area contributed by atoms with Gasteiger partial charge in [-0.05, 0) is 56.3 Å². The lowest BCUT2D eigenvalue weighted by molar-refractivity contribution is 0.210. The molecule has 0 amide bonds. The lowest BCUT2D eigenvalue weighted by Gasteiger charge is -2.32. The van der Waals surface area contributed by atoms with Crippen LogP contribution in [0, 0.1) is 23.7 Å². The zero-order valence-electron chi connectivity index (χ0n) is 11.8. The van der Waals surface area contributed by atoms with Crippen LogP contribution in [0.1, 0.15) is 39.0 Å². The molecular formula is C14H26N2O2S. The minimum Gasteiger partial charge on any atom is -0.312 e. The number of fused-ring (bicyclic) bond motifs is 5.